The van der Waals surface area contributed by atoms with Crippen molar-refractivity contribution in [2.24, 2.45) is 0 Å². The molecule has 0 fully saturated rings. The predicted molar refractivity (Wildman–Crippen MR) is 121 cm³/mol. The van der Waals surface area contributed by atoms with Gasteiger partial charge >= 0.3 is 0 Å². The normalized spacial score (nSPS) is 14.9. The molecule has 2 heterocycles. The molecule has 0 saturated heterocycles. The molecular formula is C22H23ClN6O3. The SMILES string of the molecule is CCCNC(=O)[C@H]1CN(CC(=O)Nc2cc(Cl)ccc2-n2cncn2)c2ccccc2O1. The fourth-order valence-corrected chi connectivity index (χ4v) is 3.63. The van der Waals surface area contributed by atoms with E-state index in [-0.39, 0.29) is 24.9 Å². The van der Waals surface area contributed by atoms with Crippen LogP contribution < -0.4 is 20.3 Å². The third-order valence-electron chi connectivity index (χ3n) is 4.94. The molecular weight excluding hydrogens is 432 g/mol. The van der Waals surface area contributed by atoms with E-state index in [0.29, 0.717) is 28.7 Å². The zero-order chi connectivity index (χ0) is 22.5. The predicted octanol–water partition coefficient (Wildman–Crippen LogP) is 2.65. The average molecular weight is 455 g/mol. The Kier molecular flexibility index (Phi) is 6.55. The molecule has 2 amide bonds. The summed E-state index contributed by atoms with van der Waals surface area (Å²) in [6.45, 7) is 2.84. The smallest absolute Gasteiger partial charge is 0.262 e. The number of halogens is 1. The Morgan fingerprint density at radius 2 is 2.06 bits per heavy atom. The summed E-state index contributed by atoms with van der Waals surface area (Å²) >= 11 is 6.15. The molecule has 0 radical (unpaired) electrons. The molecule has 0 bridgehead atoms. The number of nitrogens with one attached hydrogen (secondary N) is 2. The topological polar surface area (TPSA) is 101 Å². The van der Waals surface area contributed by atoms with E-state index in [0.717, 1.165) is 12.1 Å². The Morgan fingerprint density at radius 3 is 2.84 bits per heavy atom. The van der Waals surface area contributed by atoms with Crippen LogP contribution in [0.15, 0.2) is 55.1 Å². The van der Waals surface area contributed by atoms with Crippen molar-refractivity contribution in [1.82, 2.24) is 20.1 Å². The Balaban J connectivity index is 1.53. The number of carbonyl (C=O) groups excluding carboxylic acids is 2. The monoisotopic (exact) mass is 454 g/mol. The van der Waals surface area contributed by atoms with E-state index in [2.05, 4.69) is 20.7 Å². The van der Waals surface area contributed by atoms with Crippen LogP contribution in [0.25, 0.3) is 5.69 Å². The number of rotatable bonds is 7. The van der Waals surface area contributed by atoms with Gasteiger partial charge in [0, 0.05) is 11.6 Å². The summed E-state index contributed by atoms with van der Waals surface area (Å²) in [5.74, 6) is 0.0994. The molecule has 9 nitrogen and oxygen atoms in total. The summed E-state index contributed by atoms with van der Waals surface area (Å²) in [7, 11) is 0. The van der Waals surface area contributed by atoms with Crippen molar-refractivity contribution in [3.05, 3.63) is 60.1 Å². The minimum Gasteiger partial charge on any atom is -0.477 e. The molecule has 0 spiro atoms. The zero-order valence-electron chi connectivity index (χ0n) is 17.5. The number of ether oxygens (including phenoxy) is 1. The molecule has 0 saturated carbocycles. The summed E-state index contributed by atoms with van der Waals surface area (Å²) in [4.78, 5) is 31.3. The fourth-order valence-electron chi connectivity index (χ4n) is 3.46. The molecule has 2 N–H and O–H groups in total. The number of fused-ring (bicyclic) bond motifs is 1. The molecule has 1 aliphatic rings. The quantitative estimate of drug-likeness (QED) is 0.569. The number of anilines is 2. The first-order valence-electron chi connectivity index (χ1n) is 10.3. The van der Waals surface area contributed by atoms with Crippen molar-refractivity contribution in [3.8, 4) is 11.4 Å². The Morgan fingerprint density at radius 1 is 1.22 bits per heavy atom. The highest BCUT2D eigenvalue weighted by Gasteiger charge is 2.31. The number of para-hydroxylation sites is 2. The maximum Gasteiger partial charge on any atom is 0.262 e. The first-order valence-corrected chi connectivity index (χ1v) is 10.7. The highest BCUT2D eigenvalue weighted by atomic mass is 35.5. The maximum atomic E-state index is 13.0. The summed E-state index contributed by atoms with van der Waals surface area (Å²) in [5, 5.41) is 10.4. The van der Waals surface area contributed by atoms with Gasteiger partial charge in [-0.3, -0.25) is 9.59 Å². The number of hydrogen-bond acceptors (Lipinski definition) is 6. The highest BCUT2D eigenvalue weighted by molar-refractivity contribution is 6.31. The maximum absolute atomic E-state index is 13.0. The van der Waals surface area contributed by atoms with Crippen molar-refractivity contribution >= 4 is 34.8 Å². The second-order valence-electron chi connectivity index (χ2n) is 7.30. The zero-order valence-corrected chi connectivity index (χ0v) is 18.2. The molecule has 32 heavy (non-hydrogen) atoms. The molecule has 10 heteroatoms. The number of hydrogen-bond donors (Lipinski definition) is 2. The third-order valence-corrected chi connectivity index (χ3v) is 5.17. The number of aromatic nitrogens is 3. The van der Waals surface area contributed by atoms with Crippen molar-refractivity contribution in [3.63, 3.8) is 0 Å². The lowest BCUT2D eigenvalue weighted by Gasteiger charge is -2.35. The van der Waals surface area contributed by atoms with Crippen LogP contribution in [-0.2, 0) is 9.59 Å². The molecule has 1 aliphatic heterocycles. The fraction of sp³-hybridized carbons (Fsp3) is 0.273. The second-order valence-corrected chi connectivity index (χ2v) is 7.73. The number of nitrogens with zero attached hydrogens (tertiary/aromatic N) is 4. The molecule has 4 rings (SSSR count). The lowest BCUT2D eigenvalue weighted by atomic mass is 10.1. The lowest BCUT2D eigenvalue weighted by molar-refractivity contribution is -0.128. The molecule has 0 aliphatic carbocycles. The summed E-state index contributed by atoms with van der Waals surface area (Å²) in [5.41, 5.74) is 1.90. The van der Waals surface area contributed by atoms with Gasteiger partial charge in [0.2, 0.25) is 5.91 Å². The van der Waals surface area contributed by atoms with Crippen molar-refractivity contribution in [2.75, 3.05) is 29.9 Å². The van der Waals surface area contributed by atoms with Gasteiger partial charge < -0.3 is 20.3 Å². The van der Waals surface area contributed by atoms with Crippen LogP contribution in [0, 0.1) is 0 Å². The average Bonchev–Trinajstić information content (AvgIpc) is 3.32. The van der Waals surface area contributed by atoms with Gasteiger partial charge in [-0.25, -0.2) is 9.67 Å². The van der Waals surface area contributed by atoms with E-state index in [1.807, 2.05) is 30.0 Å². The van der Waals surface area contributed by atoms with Gasteiger partial charge in [-0.05, 0) is 36.8 Å². The van der Waals surface area contributed by atoms with Crippen molar-refractivity contribution in [1.29, 1.82) is 0 Å². The Hall–Kier alpha value is -3.59. The summed E-state index contributed by atoms with van der Waals surface area (Å²) in [6, 6.07) is 12.5. The third kappa shape index (κ3) is 4.83. The number of carbonyl (C=O) groups is 2. The van der Waals surface area contributed by atoms with Crippen LogP contribution in [-0.4, -0.2) is 52.3 Å². The standard InChI is InChI=1S/C22H23ClN6O3/c1-2-9-25-22(31)20-11-28(18-5-3-4-6-19(18)32-20)12-21(30)27-16-10-15(23)7-8-17(16)29-14-24-13-26-29/h3-8,10,13-14,20H,2,9,11-12H2,1H3,(H,25,31)(H,27,30)/t20-/m1/s1. The van der Waals surface area contributed by atoms with Gasteiger partial charge in [0.1, 0.15) is 18.4 Å². The molecule has 1 atom stereocenters. The number of benzene rings is 2. The first-order chi connectivity index (χ1) is 15.5. The van der Waals surface area contributed by atoms with E-state index in [1.54, 1.807) is 28.9 Å². The van der Waals surface area contributed by atoms with E-state index < -0.39 is 6.10 Å². The largest absolute Gasteiger partial charge is 0.477 e. The van der Waals surface area contributed by atoms with Crippen LogP contribution in [0.1, 0.15) is 13.3 Å². The van der Waals surface area contributed by atoms with E-state index >= 15 is 0 Å². The highest BCUT2D eigenvalue weighted by Crippen LogP contribution is 2.33. The van der Waals surface area contributed by atoms with Gasteiger partial charge in [-0.15, -0.1) is 0 Å². The Bertz CT molecular complexity index is 1100. The van der Waals surface area contributed by atoms with Crippen LogP contribution >= 0.6 is 11.6 Å². The van der Waals surface area contributed by atoms with E-state index in [9.17, 15) is 9.59 Å². The van der Waals surface area contributed by atoms with Gasteiger partial charge in [0.15, 0.2) is 6.10 Å². The minimum absolute atomic E-state index is 0.0290. The van der Waals surface area contributed by atoms with E-state index in [4.69, 9.17) is 16.3 Å². The molecule has 0 unspecified atom stereocenters. The lowest BCUT2D eigenvalue weighted by Crippen LogP contribution is -2.50. The molecule has 2 aromatic carbocycles. The van der Waals surface area contributed by atoms with Gasteiger partial charge in [0.25, 0.3) is 5.91 Å². The first kappa shape index (κ1) is 21.6. The van der Waals surface area contributed by atoms with E-state index in [1.165, 1.54) is 12.7 Å². The van der Waals surface area contributed by atoms with Crippen molar-refractivity contribution < 1.29 is 14.3 Å². The molecule has 1 aromatic heterocycles. The number of amides is 2. The Labute approximate surface area is 190 Å². The van der Waals surface area contributed by atoms with Gasteiger partial charge in [-0.2, -0.15) is 5.10 Å². The molecule has 3 aromatic rings. The van der Waals surface area contributed by atoms with Crippen molar-refractivity contribution in [2.45, 2.75) is 19.4 Å². The minimum atomic E-state index is -0.707. The second kappa shape index (κ2) is 9.69. The van der Waals surface area contributed by atoms with Crippen LogP contribution in [0.4, 0.5) is 11.4 Å². The van der Waals surface area contributed by atoms with Gasteiger partial charge in [0.05, 0.1) is 30.2 Å². The summed E-state index contributed by atoms with van der Waals surface area (Å²) in [6.07, 6.45) is 3.07. The van der Waals surface area contributed by atoms with Crippen LogP contribution in [0.5, 0.6) is 5.75 Å². The van der Waals surface area contributed by atoms with Crippen LogP contribution in [0.3, 0.4) is 0 Å². The van der Waals surface area contributed by atoms with Crippen LogP contribution in [0.2, 0.25) is 5.02 Å². The van der Waals surface area contributed by atoms with Gasteiger partial charge in [-0.1, -0.05) is 30.7 Å². The molecule has 166 valence electrons. The summed E-state index contributed by atoms with van der Waals surface area (Å²) < 4.78 is 7.43.